The number of ether oxygens (including phenoxy) is 1. The van der Waals surface area contributed by atoms with Gasteiger partial charge in [-0.25, -0.2) is 4.68 Å². The van der Waals surface area contributed by atoms with Gasteiger partial charge >= 0.3 is 0 Å². The first-order valence-corrected chi connectivity index (χ1v) is 10.5. The monoisotopic (exact) mass is 463 g/mol. The molecule has 2 heterocycles. The Morgan fingerprint density at radius 1 is 1.06 bits per heavy atom. The van der Waals surface area contributed by atoms with Gasteiger partial charge in [-0.05, 0) is 49.5 Å². The van der Waals surface area contributed by atoms with Crippen LogP contribution in [0.2, 0.25) is 0 Å². The second kappa shape index (κ2) is 10.8. The van der Waals surface area contributed by atoms with Gasteiger partial charge in [0.05, 0.1) is 18.5 Å². The normalized spacial score (nSPS) is 14.3. The molecular formula is C25H26ClN5O2. The number of nitriles is 1. The van der Waals surface area contributed by atoms with Crippen molar-refractivity contribution in [3.8, 4) is 28.8 Å². The lowest BCUT2D eigenvalue weighted by molar-refractivity contribution is -0.128. The Kier molecular flexibility index (Phi) is 7.88. The molecule has 3 aromatic rings. The smallest absolute Gasteiger partial charge is 0.264 e. The number of piperazine rings is 1. The van der Waals surface area contributed by atoms with Gasteiger partial charge in [0.2, 0.25) is 0 Å². The molecule has 0 atom stereocenters. The number of hydrogen-bond acceptors (Lipinski definition) is 5. The summed E-state index contributed by atoms with van der Waals surface area (Å²) >= 11 is 0. The third kappa shape index (κ3) is 5.43. The van der Waals surface area contributed by atoms with Crippen LogP contribution in [0.5, 0.6) is 5.75 Å². The van der Waals surface area contributed by atoms with Crippen molar-refractivity contribution in [3.63, 3.8) is 0 Å². The van der Waals surface area contributed by atoms with E-state index in [1.54, 1.807) is 22.8 Å². The summed E-state index contributed by atoms with van der Waals surface area (Å²) in [5.74, 6) is 0.505. The maximum absolute atomic E-state index is 13.0. The zero-order chi connectivity index (χ0) is 22.5. The molecule has 0 spiro atoms. The highest BCUT2D eigenvalue weighted by atomic mass is 35.5. The van der Waals surface area contributed by atoms with Crippen LogP contribution in [0.4, 0.5) is 0 Å². The van der Waals surface area contributed by atoms with Gasteiger partial charge in [0.15, 0.2) is 0 Å². The summed E-state index contributed by atoms with van der Waals surface area (Å²) in [5.41, 5.74) is 3.27. The molecule has 0 unspecified atom stereocenters. The molecular weight excluding hydrogens is 438 g/mol. The van der Waals surface area contributed by atoms with Crippen LogP contribution in [0, 0.1) is 11.3 Å². The molecule has 33 heavy (non-hydrogen) atoms. The second-order valence-electron chi connectivity index (χ2n) is 7.71. The molecule has 0 bridgehead atoms. The molecule has 7 nitrogen and oxygen atoms in total. The summed E-state index contributed by atoms with van der Waals surface area (Å²) in [7, 11) is 3.65. The maximum atomic E-state index is 13.0. The molecule has 8 heteroatoms. The number of methoxy groups -OCH3 is 1. The summed E-state index contributed by atoms with van der Waals surface area (Å²) in [4.78, 5) is 16.9. The van der Waals surface area contributed by atoms with E-state index in [1.807, 2.05) is 67.8 Å². The minimum atomic E-state index is -0.242. The molecule has 1 aliphatic rings. The van der Waals surface area contributed by atoms with E-state index >= 15 is 0 Å². The third-order valence-electron chi connectivity index (χ3n) is 5.57. The van der Waals surface area contributed by atoms with Gasteiger partial charge in [-0.2, -0.15) is 10.4 Å². The number of para-hydroxylation sites is 1. The number of amides is 1. The molecule has 0 radical (unpaired) electrons. The Hall–Kier alpha value is -3.60. The van der Waals surface area contributed by atoms with Gasteiger partial charge in [-0.3, -0.25) is 4.79 Å². The van der Waals surface area contributed by atoms with Gasteiger partial charge in [0, 0.05) is 43.5 Å². The molecule has 0 aliphatic carbocycles. The first-order chi connectivity index (χ1) is 15.6. The lowest BCUT2D eigenvalue weighted by atomic mass is 10.1. The van der Waals surface area contributed by atoms with Gasteiger partial charge in [-0.1, -0.05) is 18.2 Å². The topological polar surface area (TPSA) is 74.4 Å². The lowest BCUT2D eigenvalue weighted by Crippen LogP contribution is -2.47. The highest BCUT2D eigenvalue weighted by Gasteiger charge is 2.23. The number of hydrogen-bond donors (Lipinski definition) is 0. The zero-order valence-corrected chi connectivity index (χ0v) is 19.5. The highest BCUT2D eigenvalue weighted by molar-refractivity contribution is 6.02. The first kappa shape index (κ1) is 24.1. The summed E-state index contributed by atoms with van der Waals surface area (Å²) in [6, 6.07) is 19.4. The van der Waals surface area contributed by atoms with Crippen LogP contribution >= 0.6 is 12.4 Å². The van der Waals surface area contributed by atoms with Crippen LogP contribution in [0.25, 0.3) is 23.0 Å². The number of nitrogens with zero attached hydrogens (tertiary/aromatic N) is 5. The van der Waals surface area contributed by atoms with Crippen molar-refractivity contribution in [2.45, 2.75) is 0 Å². The molecule has 1 saturated heterocycles. The molecule has 1 amide bonds. The van der Waals surface area contributed by atoms with Crippen molar-refractivity contribution in [2.24, 2.45) is 0 Å². The standard InChI is InChI=1S/C25H25N5O2.ClH/c1-28-12-14-29(15-13-28)25(31)20(17-26)16-21-18-30(22-6-4-3-5-7-22)27-24(21)19-8-10-23(32-2)11-9-19;/h3-11,16,18H,12-15H2,1-2H3;1H/b20-16+;. The molecule has 1 aliphatic heterocycles. The van der Waals surface area contributed by atoms with E-state index in [-0.39, 0.29) is 23.9 Å². The largest absolute Gasteiger partial charge is 0.497 e. The maximum Gasteiger partial charge on any atom is 0.264 e. The number of carbonyl (C=O) groups excluding carboxylic acids is 1. The fourth-order valence-electron chi connectivity index (χ4n) is 3.66. The van der Waals surface area contributed by atoms with Crippen molar-refractivity contribution in [3.05, 3.63) is 71.9 Å². The van der Waals surface area contributed by atoms with E-state index in [4.69, 9.17) is 9.84 Å². The van der Waals surface area contributed by atoms with E-state index in [0.29, 0.717) is 24.3 Å². The van der Waals surface area contributed by atoms with Gasteiger partial charge in [-0.15, -0.1) is 12.4 Å². The lowest BCUT2D eigenvalue weighted by Gasteiger charge is -2.32. The molecule has 4 rings (SSSR count). The second-order valence-corrected chi connectivity index (χ2v) is 7.71. The van der Waals surface area contributed by atoms with Crippen LogP contribution in [0.15, 0.2) is 66.4 Å². The van der Waals surface area contributed by atoms with Crippen molar-refractivity contribution < 1.29 is 9.53 Å². The van der Waals surface area contributed by atoms with Crippen molar-refractivity contribution >= 4 is 24.4 Å². The number of aromatic nitrogens is 2. The molecule has 1 fully saturated rings. The van der Waals surface area contributed by atoms with E-state index in [0.717, 1.165) is 30.1 Å². The van der Waals surface area contributed by atoms with Gasteiger partial charge in [0.25, 0.3) is 5.91 Å². The number of likely N-dealkylation sites (N-methyl/N-ethyl adjacent to an activating group) is 1. The molecule has 1 aromatic heterocycles. The molecule has 0 N–H and O–H groups in total. The molecule has 0 saturated carbocycles. The Morgan fingerprint density at radius 2 is 1.73 bits per heavy atom. The first-order valence-electron chi connectivity index (χ1n) is 10.5. The summed E-state index contributed by atoms with van der Waals surface area (Å²) in [5, 5.41) is 14.5. The fourth-order valence-corrected chi connectivity index (χ4v) is 3.66. The number of carbonyl (C=O) groups is 1. The quantitative estimate of drug-likeness (QED) is 0.426. The minimum absolute atomic E-state index is 0. The van der Waals surface area contributed by atoms with Gasteiger partial charge < -0.3 is 14.5 Å². The predicted octanol–water partition coefficient (Wildman–Crippen LogP) is 3.65. The highest BCUT2D eigenvalue weighted by Crippen LogP contribution is 2.27. The van der Waals surface area contributed by atoms with Crippen molar-refractivity contribution in [2.75, 3.05) is 40.3 Å². The average Bonchev–Trinajstić information content (AvgIpc) is 3.27. The fraction of sp³-hybridized carbons (Fsp3) is 0.240. The number of rotatable bonds is 5. The molecule has 2 aromatic carbocycles. The Morgan fingerprint density at radius 3 is 2.33 bits per heavy atom. The van der Waals surface area contributed by atoms with Crippen molar-refractivity contribution in [1.82, 2.24) is 19.6 Å². The van der Waals surface area contributed by atoms with Crippen molar-refractivity contribution in [1.29, 1.82) is 5.26 Å². The number of benzene rings is 2. The minimum Gasteiger partial charge on any atom is -0.497 e. The van der Waals surface area contributed by atoms with Crippen LogP contribution in [-0.2, 0) is 4.79 Å². The zero-order valence-electron chi connectivity index (χ0n) is 18.6. The SMILES string of the molecule is COc1ccc(-c2nn(-c3ccccc3)cc2/C=C(\C#N)C(=O)N2CCN(C)CC2)cc1.Cl. The summed E-state index contributed by atoms with van der Waals surface area (Å²) in [6.45, 7) is 2.83. The average molecular weight is 464 g/mol. The van der Waals surface area contributed by atoms with Crippen LogP contribution in [0.1, 0.15) is 5.56 Å². The summed E-state index contributed by atoms with van der Waals surface area (Å²) in [6.07, 6.45) is 3.50. The Balaban J connectivity index is 0.00000306. The Bertz CT molecular complexity index is 1160. The molecule has 170 valence electrons. The van der Waals surface area contributed by atoms with Crippen LogP contribution < -0.4 is 4.74 Å². The van der Waals surface area contributed by atoms with E-state index in [1.165, 1.54) is 0 Å². The van der Waals surface area contributed by atoms with E-state index in [2.05, 4.69) is 11.0 Å². The van der Waals surface area contributed by atoms with Gasteiger partial charge in [0.1, 0.15) is 17.4 Å². The number of halogens is 1. The third-order valence-corrected chi connectivity index (χ3v) is 5.57. The van der Waals surface area contributed by atoms with Crippen LogP contribution in [-0.4, -0.2) is 65.8 Å². The predicted molar refractivity (Wildman–Crippen MR) is 130 cm³/mol. The Labute approximate surface area is 199 Å². The van der Waals surface area contributed by atoms with E-state index in [9.17, 15) is 10.1 Å². The van der Waals surface area contributed by atoms with E-state index < -0.39 is 0 Å². The van der Waals surface area contributed by atoms with Crippen LogP contribution in [0.3, 0.4) is 0 Å². The summed E-state index contributed by atoms with van der Waals surface area (Å²) < 4.78 is 7.03.